The van der Waals surface area contributed by atoms with E-state index in [4.69, 9.17) is 4.74 Å². The fourth-order valence-electron chi connectivity index (χ4n) is 4.74. The highest BCUT2D eigenvalue weighted by molar-refractivity contribution is 5.88. The summed E-state index contributed by atoms with van der Waals surface area (Å²) in [6.45, 7) is 11.6. The lowest BCUT2D eigenvalue weighted by Gasteiger charge is -2.50. The zero-order chi connectivity index (χ0) is 24.2. The summed E-state index contributed by atoms with van der Waals surface area (Å²) in [4.78, 5) is 53.2. The topological polar surface area (TPSA) is 136 Å². The molecular formula is C22H35N3O7. The third kappa shape index (κ3) is 4.69. The van der Waals surface area contributed by atoms with E-state index in [0.29, 0.717) is 13.1 Å². The van der Waals surface area contributed by atoms with Crippen LogP contribution in [0.5, 0.6) is 0 Å². The summed E-state index contributed by atoms with van der Waals surface area (Å²) in [5, 5.41) is 21.5. The van der Waals surface area contributed by atoms with Crippen LogP contribution < -0.4 is 5.32 Å². The maximum absolute atomic E-state index is 13.1. The van der Waals surface area contributed by atoms with E-state index in [-0.39, 0.29) is 30.3 Å². The molecule has 2 saturated heterocycles. The zero-order valence-electron chi connectivity index (χ0n) is 19.7. The van der Waals surface area contributed by atoms with Gasteiger partial charge in [-0.1, -0.05) is 13.8 Å². The molecule has 0 aromatic rings. The van der Waals surface area contributed by atoms with Gasteiger partial charge in [-0.3, -0.25) is 9.59 Å². The average molecular weight is 454 g/mol. The molecule has 1 aliphatic carbocycles. The second-order valence-corrected chi connectivity index (χ2v) is 11.3. The number of carbonyl (C=O) groups is 4. The molecule has 2 heterocycles. The van der Waals surface area contributed by atoms with Crippen LogP contribution in [-0.2, 0) is 19.1 Å². The Balaban J connectivity index is 1.76. The number of hydrogen-bond donors (Lipinski definition) is 3. The van der Waals surface area contributed by atoms with Crippen molar-refractivity contribution >= 4 is 23.9 Å². The number of likely N-dealkylation sites (tertiary alicyclic amines) is 2. The lowest BCUT2D eigenvalue weighted by atomic mass is 9.70. The van der Waals surface area contributed by atoms with Crippen molar-refractivity contribution in [3.63, 3.8) is 0 Å². The van der Waals surface area contributed by atoms with Crippen molar-refractivity contribution in [3.8, 4) is 0 Å². The van der Waals surface area contributed by atoms with Crippen molar-refractivity contribution < 1.29 is 34.1 Å². The molecule has 180 valence electrons. The molecule has 3 amide bonds. The van der Waals surface area contributed by atoms with E-state index < -0.39 is 47.0 Å². The van der Waals surface area contributed by atoms with Gasteiger partial charge in [-0.2, -0.15) is 0 Å². The molecule has 3 aliphatic rings. The van der Waals surface area contributed by atoms with Gasteiger partial charge in [0, 0.05) is 37.5 Å². The van der Waals surface area contributed by atoms with Crippen molar-refractivity contribution in [1.82, 2.24) is 15.1 Å². The zero-order valence-corrected chi connectivity index (χ0v) is 19.7. The van der Waals surface area contributed by atoms with E-state index in [2.05, 4.69) is 5.32 Å². The number of hydrogen-bond acceptors (Lipinski definition) is 6. The standard InChI is InChI=1S/C22H35N3O7/c1-12(26)15(18(29)30)23-16(27)14-8-24(19(31)32-20(2,3)4)9-22(14)10-25(11-22)17(28)13-7-21(13,5)6/h12-15,26H,7-11H2,1-6H3,(H,23,27)(H,29,30)/t12-,13-,14+,15+/m1/s1. The maximum atomic E-state index is 13.1. The van der Waals surface area contributed by atoms with Gasteiger partial charge in [0.2, 0.25) is 11.8 Å². The predicted octanol–water partition coefficient (Wildman–Crippen LogP) is 0.678. The number of amides is 3. The van der Waals surface area contributed by atoms with Gasteiger partial charge >= 0.3 is 12.1 Å². The molecule has 4 atom stereocenters. The Morgan fingerprint density at radius 3 is 2.03 bits per heavy atom. The summed E-state index contributed by atoms with van der Waals surface area (Å²) in [5.74, 6) is -2.58. The number of nitrogens with zero attached hydrogens (tertiary/aromatic N) is 2. The fourth-order valence-corrected chi connectivity index (χ4v) is 4.74. The van der Waals surface area contributed by atoms with Crippen molar-refractivity contribution in [1.29, 1.82) is 0 Å². The van der Waals surface area contributed by atoms with Crippen LogP contribution in [0.3, 0.4) is 0 Å². The number of ether oxygens (including phenoxy) is 1. The monoisotopic (exact) mass is 453 g/mol. The van der Waals surface area contributed by atoms with Gasteiger partial charge in [0.25, 0.3) is 0 Å². The van der Waals surface area contributed by atoms with Gasteiger partial charge < -0.3 is 30.1 Å². The van der Waals surface area contributed by atoms with Crippen LogP contribution in [0, 0.1) is 22.7 Å². The number of aliphatic hydroxyl groups excluding tert-OH is 1. The first-order valence-electron chi connectivity index (χ1n) is 11.0. The minimum Gasteiger partial charge on any atom is -0.480 e. The highest BCUT2D eigenvalue weighted by Crippen LogP contribution is 2.54. The van der Waals surface area contributed by atoms with E-state index in [1.165, 1.54) is 11.8 Å². The number of carboxylic acid groups (broad SMARTS) is 1. The third-order valence-corrected chi connectivity index (χ3v) is 6.80. The molecule has 3 rings (SSSR count). The average Bonchev–Trinajstić information content (AvgIpc) is 3.07. The largest absolute Gasteiger partial charge is 0.480 e. The quantitative estimate of drug-likeness (QED) is 0.557. The summed E-state index contributed by atoms with van der Waals surface area (Å²) in [6.07, 6.45) is -1.00. The minimum atomic E-state index is -1.46. The number of nitrogens with one attached hydrogen (secondary N) is 1. The molecule has 0 aromatic heterocycles. The van der Waals surface area contributed by atoms with E-state index in [9.17, 15) is 29.4 Å². The van der Waals surface area contributed by atoms with Gasteiger partial charge in [0.05, 0.1) is 12.0 Å². The van der Waals surface area contributed by atoms with Crippen LogP contribution in [0.2, 0.25) is 0 Å². The van der Waals surface area contributed by atoms with Crippen molar-refractivity contribution in [2.45, 2.75) is 65.7 Å². The Morgan fingerprint density at radius 1 is 1.06 bits per heavy atom. The molecule has 1 spiro atoms. The first-order valence-corrected chi connectivity index (χ1v) is 11.0. The fraction of sp³-hybridized carbons (Fsp3) is 0.818. The van der Waals surface area contributed by atoms with Crippen LogP contribution in [0.25, 0.3) is 0 Å². The highest BCUT2D eigenvalue weighted by atomic mass is 16.6. The van der Waals surface area contributed by atoms with E-state index >= 15 is 0 Å². The second kappa shape index (κ2) is 7.90. The smallest absolute Gasteiger partial charge is 0.410 e. The normalized spacial score (nSPS) is 27.3. The molecule has 32 heavy (non-hydrogen) atoms. The van der Waals surface area contributed by atoms with Gasteiger partial charge in [-0.05, 0) is 39.5 Å². The SMILES string of the molecule is C[C@@H](O)[C@H](NC(=O)[C@@H]1CN(C(=O)OC(C)(C)C)CC12CN(C(=O)[C@H]1CC1(C)C)C2)C(=O)O. The van der Waals surface area contributed by atoms with Crippen LogP contribution >= 0.6 is 0 Å². The molecule has 0 unspecified atom stereocenters. The van der Waals surface area contributed by atoms with Crippen LogP contribution in [-0.4, -0.2) is 87.8 Å². The Kier molecular flexibility index (Phi) is 5.99. The van der Waals surface area contributed by atoms with Crippen LogP contribution in [0.15, 0.2) is 0 Å². The summed E-state index contributed by atoms with van der Waals surface area (Å²) in [5.41, 5.74) is -1.39. The molecule has 0 radical (unpaired) electrons. The minimum absolute atomic E-state index is 0.0131. The lowest BCUT2D eigenvalue weighted by molar-refractivity contribution is -0.153. The number of carboxylic acids is 1. The van der Waals surface area contributed by atoms with Crippen LogP contribution in [0.4, 0.5) is 4.79 Å². The summed E-state index contributed by atoms with van der Waals surface area (Å²) >= 11 is 0. The number of aliphatic carboxylic acids is 1. The van der Waals surface area contributed by atoms with Crippen molar-refractivity contribution in [2.75, 3.05) is 26.2 Å². The highest BCUT2D eigenvalue weighted by Gasteiger charge is 2.62. The molecule has 10 heteroatoms. The number of aliphatic hydroxyl groups is 1. The summed E-state index contributed by atoms with van der Waals surface area (Å²) in [7, 11) is 0. The lowest BCUT2D eigenvalue weighted by Crippen LogP contribution is -2.65. The molecule has 10 nitrogen and oxygen atoms in total. The maximum Gasteiger partial charge on any atom is 0.410 e. The third-order valence-electron chi connectivity index (χ3n) is 6.80. The number of carbonyl (C=O) groups excluding carboxylic acids is 3. The van der Waals surface area contributed by atoms with Gasteiger partial charge in [0.15, 0.2) is 6.04 Å². The van der Waals surface area contributed by atoms with Crippen molar-refractivity contribution in [3.05, 3.63) is 0 Å². The first kappa shape index (κ1) is 24.3. The number of rotatable bonds is 5. The Hall–Kier alpha value is -2.36. The Morgan fingerprint density at radius 2 is 1.59 bits per heavy atom. The van der Waals surface area contributed by atoms with E-state index in [1.807, 2.05) is 13.8 Å². The van der Waals surface area contributed by atoms with E-state index in [0.717, 1.165) is 6.42 Å². The Bertz CT molecular complexity index is 811. The van der Waals surface area contributed by atoms with E-state index in [1.54, 1.807) is 25.7 Å². The molecule has 3 N–H and O–H groups in total. The van der Waals surface area contributed by atoms with Gasteiger partial charge in [-0.15, -0.1) is 0 Å². The molecule has 3 fully saturated rings. The molecular weight excluding hydrogens is 418 g/mol. The molecule has 2 aliphatic heterocycles. The molecule has 0 aromatic carbocycles. The second-order valence-electron chi connectivity index (χ2n) is 11.3. The summed E-state index contributed by atoms with van der Waals surface area (Å²) < 4.78 is 5.46. The van der Waals surface area contributed by atoms with Gasteiger partial charge in [-0.25, -0.2) is 9.59 Å². The first-order chi connectivity index (χ1) is 14.6. The predicted molar refractivity (Wildman–Crippen MR) is 113 cm³/mol. The van der Waals surface area contributed by atoms with Crippen molar-refractivity contribution in [2.24, 2.45) is 22.7 Å². The van der Waals surface area contributed by atoms with Gasteiger partial charge in [0.1, 0.15) is 5.60 Å². The summed E-state index contributed by atoms with van der Waals surface area (Å²) in [6, 6.07) is -1.46. The molecule has 1 saturated carbocycles. The van der Waals surface area contributed by atoms with Crippen LogP contribution in [0.1, 0.15) is 48.0 Å². The molecule has 0 bridgehead atoms. The Labute approximate surface area is 188 Å².